The Hall–Kier alpha value is -1.02. The molecule has 1 aromatic carbocycles. The molecule has 1 N–H and O–H groups in total. The van der Waals surface area contributed by atoms with Gasteiger partial charge in [0.2, 0.25) is 0 Å². The fraction of sp³-hybridized carbons (Fsp3) is 0.700. The van der Waals surface area contributed by atoms with Gasteiger partial charge in [0.15, 0.2) is 0 Å². The molecule has 1 heterocycles. The molecule has 3 aliphatic rings. The van der Waals surface area contributed by atoms with Gasteiger partial charge in [-0.25, -0.2) is 0 Å². The van der Waals surface area contributed by atoms with Gasteiger partial charge in [0.05, 0.1) is 0 Å². The fourth-order valence-electron chi connectivity index (χ4n) is 4.88. The summed E-state index contributed by atoms with van der Waals surface area (Å²) in [6, 6.07) is 7.88. The summed E-state index contributed by atoms with van der Waals surface area (Å²) in [4.78, 5) is 2.82. The third-order valence-electron chi connectivity index (χ3n) is 6.69. The number of hydrogen-bond donors (Lipinski definition) is 1. The van der Waals surface area contributed by atoms with Crippen molar-refractivity contribution in [2.75, 3.05) is 25.0 Å². The highest BCUT2D eigenvalue weighted by atomic mass is 15.2. The van der Waals surface area contributed by atoms with Gasteiger partial charge < -0.3 is 5.32 Å². The maximum atomic E-state index is 3.50. The van der Waals surface area contributed by atoms with E-state index in [9.17, 15) is 0 Å². The molecular weight excluding hydrogens is 268 g/mol. The average Bonchev–Trinajstić information content (AvgIpc) is 3.31. The van der Waals surface area contributed by atoms with E-state index in [0.717, 1.165) is 24.4 Å². The first-order chi connectivity index (χ1) is 10.6. The van der Waals surface area contributed by atoms with E-state index in [0.29, 0.717) is 5.41 Å². The number of fused-ring (bicyclic) bond motifs is 4. The third kappa shape index (κ3) is 2.27. The summed E-state index contributed by atoms with van der Waals surface area (Å²) in [5.74, 6) is 1.78. The van der Waals surface area contributed by atoms with Crippen LogP contribution in [0.1, 0.15) is 51.2 Å². The number of rotatable bonds is 4. The van der Waals surface area contributed by atoms with E-state index in [1.54, 1.807) is 11.1 Å². The molecule has 2 aliphatic carbocycles. The Morgan fingerprint density at radius 1 is 1.32 bits per heavy atom. The molecule has 2 bridgehead atoms. The minimum atomic E-state index is 0.365. The maximum absolute atomic E-state index is 3.50. The number of piperidine rings is 1. The van der Waals surface area contributed by atoms with Gasteiger partial charge in [0.1, 0.15) is 0 Å². The van der Waals surface area contributed by atoms with Crippen LogP contribution in [0.2, 0.25) is 0 Å². The standard InChI is InChI=1S/C20H30N2/c1-4-21-17-8-7-16-11-19-14(2)20(3,18(16)12-17)9-10-22(19)13-15-5-6-15/h7-8,12,14-15,19,21H,4-6,9-11,13H2,1-3H3/t14-,19+,20+/m0/s1. The van der Waals surface area contributed by atoms with Crippen LogP contribution in [0.15, 0.2) is 18.2 Å². The van der Waals surface area contributed by atoms with E-state index in [2.05, 4.69) is 49.2 Å². The molecule has 2 fully saturated rings. The molecule has 22 heavy (non-hydrogen) atoms. The lowest BCUT2D eigenvalue weighted by atomic mass is 9.59. The molecule has 1 aromatic rings. The van der Waals surface area contributed by atoms with Gasteiger partial charge in [0, 0.05) is 24.8 Å². The first kappa shape index (κ1) is 14.6. The van der Waals surface area contributed by atoms with E-state index in [1.165, 1.54) is 44.5 Å². The van der Waals surface area contributed by atoms with Crippen LogP contribution in [-0.2, 0) is 11.8 Å². The van der Waals surface area contributed by atoms with Crippen molar-refractivity contribution in [3.05, 3.63) is 29.3 Å². The average molecular weight is 298 g/mol. The topological polar surface area (TPSA) is 15.3 Å². The summed E-state index contributed by atoms with van der Waals surface area (Å²) < 4.78 is 0. The lowest BCUT2D eigenvalue weighted by molar-refractivity contribution is 0.0284. The molecule has 0 radical (unpaired) electrons. The SMILES string of the molecule is CCNc1ccc2c(c1)[C@]1(C)CCN(CC3CC3)[C@H](C2)[C@@H]1C. The summed E-state index contributed by atoms with van der Waals surface area (Å²) in [5.41, 5.74) is 4.89. The van der Waals surface area contributed by atoms with Crippen LogP contribution in [-0.4, -0.2) is 30.6 Å². The predicted molar refractivity (Wildman–Crippen MR) is 93.5 cm³/mol. The van der Waals surface area contributed by atoms with Crippen LogP contribution < -0.4 is 5.32 Å². The van der Waals surface area contributed by atoms with Crippen molar-refractivity contribution >= 4 is 5.69 Å². The first-order valence-electron chi connectivity index (χ1n) is 9.23. The maximum Gasteiger partial charge on any atom is 0.0343 e. The lowest BCUT2D eigenvalue weighted by Gasteiger charge is -2.55. The van der Waals surface area contributed by atoms with Crippen LogP contribution in [0, 0.1) is 11.8 Å². The molecule has 1 aliphatic heterocycles. The molecule has 0 unspecified atom stereocenters. The van der Waals surface area contributed by atoms with Gasteiger partial charge in [0.25, 0.3) is 0 Å². The van der Waals surface area contributed by atoms with E-state index in [-0.39, 0.29) is 0 Å². The molecule has 120 valence electrons. The zero-order valence-electron chi connectivity index (χ0n) is 14.4. The summed E-state index contributed by atoms with van der Waals surface area (Å²) in [6.45, 7) is 10.9. The van der Waals surface area contributed by atoms with Gasteiger partial charge in [-0.15, -0.1) is 0 Å². The molecule has 4 rings (SSSR count). The first-order valence-corrected chi connectivity index (χ1v) is 9.23. The number of anilines is 1. The highest BCUT2D eigenvalue weighted by Gasteiger charge is 2.48. The van der Waals surface area contributed by atoms with Crippen molar-refractivity contribution in [2.45, 2.75) is 57.9 Å². The van der Waals surface area contributed by atoms with Crippen molar-refractivity contribution in [3.8, 4) is 0 Å². The molecule has 2 heteroatoms. The second kappa shape index (κ2) is 5.26. The Balaban J connectivity index is 1.67. The summed E-state index contributed by atoms with van der Waals surface area (Å²) in [7, 11) is 0. The highest BCUT2D eigenvalue weighted by Crippen LogP contribution is 2.49. The summed E-state index contributed by atoms with van der Waals surface area (Å²) >= 11 is 0. The second-order valence-corrected chi connectivity index (χ2v) is 8.07. The molecule has 0 aromatic heterocycles. The van der Waals surface area contributed by atoms with Gasteiger partial charge in [-0.05, 0) is 79.7 Å². The monoisotopic (exact) mass is 298 g/mol. The fourth-order valence-corrected chi connectivity index (χ4v) is 4.88. The zero-order chi connectivity index (χ0) is 15.3. The van der Waals surface area contributed by atoms with Crippen LogP contribution in [0.5, 0.6) is 0 Å². The van der Waals surface area contributed by atoms with Gasteiger partial charge in [-0.2, -0.15) is 0 Å². The van der Waals surface area contributed by atoms with Crippen LogP contribution >= 0.6 is 0 Å². The van der Waals surface area contributed by atoms with Crippen LogP contribution in [0.25, 0.3) is 0 Å². The Bertz CT molecular complexity index is 563. The Morgan fingerprint density at radius 3 is 2.86 bits per heavy atom. The van der Waals surface area contributed by atoms with Crippen LogP contribution in [0.3, 0.4) is 0 Å². The largest absolute Gasteiger partial charge is 0.385 e. The number of hydrogen-bond acceptors (Lipinski definition) is 2. The predicted octanol–water partition coefficient (Wildman–Crippen LogP) is 4.05. The smallest absolute Gasteiger partial charge is 0.0343 e. The quantitative estimate of drug-likeness (QED) is 0.902. The summed E-state index contributed by atoms with van der Waals surface area (Å²) in [5, 5.41) is 3.50. The molecule has 0 amide bonds. The van der Waals surface area contributed by atoms with Gasteiger partial charge >= 0.3 is 0 Å². The van der Waals surface area contributed by atoms with Crippen molar-refractivity contribution in [2.24, 2.45) is 11.8 Å². The van der Waals surface area contributed by atoms with E-state index in [4.69, 9.17) is 0 Å². The highest BCUT2D eigenvalue weighted by molar-refractivity contribution is 5.53. The van der Waals surface area contributed by atoms with E-state index >= 15 is 0 Å². The van der Waals surface area contributed by atoms with Crippen molar-refractivity contribution in [1.29, 1.82) is 0 Å². The Morgan fingerprint density at radius 2 is 2.14 bits per heavy atom. The minimum Gasteiger partial charge on any atom is -0.385 e. The van der Waals surface area contributed by atoms with Gasteiger partial charge in [-0.3, -0.25) is 4.90 Å². The molecule has 0 spiro atoms. The minimum absolute atomic E-state index is 0.365. The molecule has 1 saturated heterocycles. The normalized spacial score (nSPS) is 34.3. The Kier molecular flexibility index (Phi) is 3.48. The van der Waals surface area contributed by atoms with Crippen molar-refractivity contribution in [3.63, 3.8) is 0 Å². The molecule has 2 nitrogen and oxygen atoms in total. The van der Waals surface area contributed by atoms with Gasteiger partial charge in [-0.1, -0.05) is 19.9 Å². The van der Waals surface area contributed by atoms with Crippen LogP contribution in [0.4, 0.5) is 5.69 Å². The molecular formula is C20H30N2. The number of nitrogens with one attached hydrogen (secondary N) is 1. The van der Waals surface area contributed by atoms with E-state index < -0.39 is 0 Å². The van der Waals surface area contributed by atoms with E-state index in [1.807, 2.05) is 0 Å². The Labute approximate surface area is 135 Å². The zero-order valence-corrected chi connectivity index (χ0v) is 14.4. The van der Waals surface area contributed by atoms with Crippen molar-refractivity contribution < 1.29 is 0 Å². The number of likely N-dealkylation sites (tertiary alicyclic amines) is 1. The third-order valence-corrected chi connectivity index (χ3v) is 6.69. The number of nitrogens with zero attached hydrogens (tertiary/aromatic N) is 1. The van der Waals surface area contributed by atoms with Crippen molar-refractivity contribution in [1.82, 2.24) is 4.90 Å². The summed E-state index contributed by atoms with van der Waals surface area (Å²) in [6.07, 6.45) is 5.51. The number of benzene rings is 1. The second-order valence-electron chi connectivity index (χ2n) is 8.07. The molecule has 3 atom stereocenters. The molecule has 1 saturated carbocycles. The lowest BCUT2D eigenvalue weighted by Crippen LogP contribution is -2.58.